The van der Waals surface area contributed by atoms with Crippen molar-refractivity contribution in [1.82, 2.24) is 9.80 Å². The molecule has 2 unspecified atom stereocenters. The zero-order valence-corrected chi connectivity index (χ0v) is 13.9. The number of piperidine rings is 1. The third-order valence-corrected chi connectivity index (χ3v) is 5.30. The molecule has 1 saturated heterocycles. The van der Waals surface area contributed by atoms with E-state index >= 15 is 0 Å². The van der Waals surface area contributed by atoms with Crippen LogP contribution in [0, 0.1) is 17.3 Å². The summed E-state index contributed by atoms with van der Waals surface area (Å²) in [6, 6.07) is 0. The van der Waals surface area contributed by atoms with Crippen LogP contribution in [0.4, 0.5) is 0 Å². The maximum absolute atomic E-state index is 10.3. The predicted octanol–water partition coefficient (Wildman–Crippen LogP) is 2.45. The largest absolute Gasteiger partial charge is 0.393 e. The highest BCUT2D eigenvalue weighted by atomic mass is 16.3. The molecule has 1 N–H and O–H groups in total. The minimum Gasteiger partial charge on any atom is -0.393 e. The molecule has 2 fully saturated rings. The van der Waals surface area contributed by atoms with Gasteiger partial charge in [0.1, 0.15) is 0 Å². The van der Waals surface area contributed by atoms with E-state index in [0.717, 1.165) is 18.9 Å². The lowest BCUT2D eigenvalue weighted by molar-refractivity contribution is -0.00125. The number of hydrogen-bond acceptors (Lipinski definition) is 3. The fourth-order valence-electron chi connectivity index (χ4n) is 4.11. The molecular weight excluding hydrogens is 248 g/mol. The zero-order valence-electron chi connectivity index (χ0n) is 13.9. The topological polar surface area (TPSA) is 26.7 Å². The van der Waals surface area contributed by atoms with Crippen LogP contribution in [0.25, 0.3) is 0 Å². The molecule has 0 aromatic carbocycles. The molecule has 1 heterocycles. The summed E-state index contributed by atoms with van der Waals surface area (Å²) in [6.07, 6.45) is 5.94. The van der Waals surface area contributed by atoms with E-state index < -0.39 is 0 Å². The molecule has 2 aliphatic rings. The van der Waals surface area contributed by atoms with E-state index in [-0.39, 0.29) is 6.10 Å². The molecule has 0 bridgehead atoms. The van der Waals surface area contributed by atoms with E-state index in [9.17, 15) is 5.11 Å². The van der Waals surface area contributed by atoms with Gasteiger partial charge in [-0.15, -0.1) is 0 Å². The number of aliphatic hydroxyl groups excluding tert-OH is 1. The van der Waals surface area contributed by atoms with E-state index in [1.807, 2.05) is 0 Å². The molecule has 0 aromatic rings. The summed E-state index contributed by atoms with van der Waals surface area (Å²) in [5, 5.41) is 10.3. The molecule has 0 radical (unpaired) electrons. The van der Waals surface area contributed by atoms with Crippen LogP contribution in [0.3, 0.4) is 0 Å². The number of nitrogens with zero attached hydrogens (tertiary/aromatic N) is 2. The predicted molar refractivity (Wildman–Crippen MR) is 84.8 cm³/mol. The summed E-state index contributed by atoms with van der Waals surface area (Å²) >= 11 is 0. The fraction of sp³-hybridized carbons (Fsp3) is 1.00. The van der Waals surface area contributed by atoms with Crippen LogP contribution in [0.2, 0.25) is 0 Å². The summed E-state index contributed by atoms with van der Waals surface area (Å²) in [5.74, 6) is 1.36. The summed E-state index contributed by atoms with van der Waals surface area (Å²) in [5.41, 5.74) is 0.424. The Bertz CT molecular complexity index is 295. The summed E-state index contributed by atoms with van der Waals surface area (Å²) in [7, 11) is 4.35. The van der Waals surface area contributed by atoms with Crippen molar-refractivity contribution < 1.29 is 5.11 Å². The van der Waals surface area contributed by atoms with Crippen molar-refractivity contribution in [2.75, 3.05) is 40.3 Å². The Hall–Kier alpha value is -0.120. The van der Waals surface area contributed by atoms with E-state index in [1.165, 1.54) is 45.3 Å². The molecule has 2 rings (SSSR count). The first-order valence-electron chi connectivity index (χ1n) is 8.41. The fourth-order valence-corrected chi connectivity index (χ4v) is 4.11. The van der Waals surface area contributed by atoms with Crippen LogP contribution in [0.1, 0.15) is 46.0 Å². The molecular formula is C17H34N2O. The van der Waals surface area contributed by atoms with Crippen LogP contribution < -0.4 is 0 Å². The smallest absolute Gasteiger partial charge is 0.0581 e. The SMILES string of the molecule is CN(C)CC1CCN(CC2CC(C)(C)CCC2O)CC1. The molecule has 3 nitrogen and oxygen atoms in total. The Morgan fingerprint density at radius 3 is 2.40 bits per heavy atom. The van der Waals surface area contributed by atoms with Crippen LogP contribution >= 0.6 is 0 Å². The van der Waals surface area contributed by atoms with Crippen molar-refractivity contribution >= 4 is 0 Å². The molecule has 0 aromatic heterocycles. The van der Waals surface area contributed by atoms with E-state index in [1.54, 1.807) is 0 Å². The average molecular weight is 282 g/mol. The Kier molecular flexibility index (Phi) is 5.49. The van der Waals surface area contributed by atoms with Crippen LogP contribution in [0.5, 0.6) is 0 Å². The van der Waals surface area contributed by atoms with Crippen molar-refractivity contribution in [3.63, 3.8) is 0 Å². The number of likely N-dealkylation sites (tertiary alicyclic amines) is 1. The first-order valence-corrected chi connectivity index (χ1v) is 8.41. The Morgan fingerprint density at radius 1 is 1.15 bits per heavy atom. The Morgan fingerprint density at radius 2 is 1.80 bits per heavy atom. The number of aliphatic hydroxyl groups is 1. The van der Waals surface area contributed by atoms with Crippen LogP contribution in [0.15, 0.2) is 0 Å². The normalized spacial score (nSPS) is 32.7. The minimum atomic E-state index is -0.0671. The first-order chi connectivity index (χ1) is 9.35. The summed E-state index contributed by atoms with van der Waals surface area (Å²) in [4.78, 5) is 4.91. The van der Waals surface area contributed by atoms with Gasteiger partial charge in [-0.1, -0.05) is 13.8 Å². The molecule has 1 aliphatic carbocycles. The maximum atomic E-state index is 10.3. The molecule has 118 valence electrons. The lowest BCUT2D eigenvalue weighted by Crippen LogP contribution is -2.44. The minimum absolute atomic E-state index is 0.0671. The highest BCUT2D eigenvalue weighted by Crippen LogP contribution is 2.39. The highest BCUT2D eigenvalue weighted by molar-refractivity contribution is 4.87. The lowest BCUT2D eigenvalue weighted by Gasteiger charge is -2.42. The standard InChI is InChI=1S/C17H34N2O/c1-17(2)8-5-16(20)15(11-17)13-19-9-6-14(7-10-19)12-18(3)4/h14-16,20H,5-13H2,1-4H3. The van der Waals surface area contributed by atoms with Crippen molar-refractivity contribution in [2.24, 2.45) is 17.3 Å². The van der Waals surface area contributed by atoms with Gasteiger partial charge in [0.15, 0.2) is 0 Å². The molecule has 1 aliphatic heterocycles. The van der Waals surface area contributed by atoms with Crippen LogP contribution in [-0.2, 0) is 0 Å². The molecule has 0 amide bonds. The lowest BCUT2D eigenvalue weighted by atomic mass is 9.70. The first kappa shape index (κ1) is 16.3. The zero-order chi connectivity index (χ0) is 14.8. The van der Waals surface area contributed by atoms with Crippen molar-refractivity contribution in [1.29, 1.82) is 0 Å². The van der Waals surface area contributed by atoms with E-state index in [0.29, 0.717) is 11.3 Å². The Balaban J connectivity index is 1.77. The molecule has 3 heteroatoms. The molecule has 2 atom stereocenters. The second-order valence-electron chi connectivity index (χ2n) is 8.24. The molecule has 0 spiro atoms. The third kappa shape index (κ3) is 4.71. The Labute approximate surface area is 125 Å². The van der Waals surface area contributed by atoms with Gasteiger partial charge in [0.05, 0.1) is 6.10 Å². The van der Waals surface area contributed by atoms with Gasteiger partial charge in [-0.2, -0.15) is 0 Å². The second kappa shape index (κ2) is 6.76. The summed E-state index contributed by atoms with van der Waals surface area (Å²) < 4.78 is 0. The van der Waals surface area contributed by atoms with Gasteiger partial charge >= 0.3 is 0 Å². The number of hydrogen-bond donors (Lipinski definition) is 1. The second-order valence-corrected chi connectivity index (χ2v) is 8.24. The molecule has 1 saturated carbocycles. The van der Waals surface area contributed by atoms with E-state index in [2.05, 4.69) is 37.7 Å². The van der Waals surface area contributed by atoms with E-state index in [4.69, 9.17) is 0 Å². The molecule has 20 heavy (non-hydrogen) atoms. The van der Waals surface area contributed by atoms with Gasteiger partial charge in [0.25, 0.3) is 0 Å². The van der Waals surface area contributed by atoms with Gasteiger partial charge in [-0.25, -0.2) is 0 Å². The van der Waals surface area contributed by atoms with Gasteiger partial charge in [-0.3, -0.25) is 0 Å². The monoisotopic (exact) mass is 282 g/mol. The summed E-state index contributed by atoms with van der Waals surface area (Å²) in [6.45, 7) is 9.50. The van der Waals surface area contributed by atoms with Crippen LogP contribution in [-0.4, -0.2) is 61.3 Å². The quantitative estimate of drug-likeness (QED) is 0.858. The average Bonchev–Trinajstić information content (AvgIpc) is 2.35. The highest BCUT2D eigenvalue weighted by Gasteiger charge is 2.35. The van der Waals surface area contributed by atoms with Crippen molar-refractivity contribution in [3.8, 4) is 0 Å². The van der Waals surface area contributed by atoms with Gasteiger partial charge in [-0.05, 0) is 76.5 Å². The van der Waals surface area contributed by atoms with Gasteiger partial charge in [0.2, 0.25) is 0 Å². The van der Waals surface area contributed by atoms with Crippen molar-refractivity contribution in [3.05, 3.63) is 0 Å². The maximum Gasteiger partial charge on any atom is 0.0581 e. The van der Waals surface area contributed by atoms with Crippen molar-refractivity contribution in [2.45, 2.75) is 52.1 Å². The van der Waals surface area contributed by atoms with Gasteiger partial charge in [0, 0.05) is 13.1 Å². The number of rotatable bonds is 4. The van der Waals surface area contributed by atoms with Gasteiger partial charge < -0.3 is 14.9 Å². The third-order valence-electron chi connectivity index (χ3n) is 5.30.